The van der Waals surface area contributed by atoms with Crippen LogP contribution in [0.25, 0.3) is 0 Å². The number of benzene rings is 2. The maximum atomic E-state index is 12.3. The first-order valence-electron chi connectivity index (χ1n) is 10.1. The van der Waals surface area contributed by atoms with Crippen molar-refractivity contribution in [3.63, 3.8) is 0 Å². The predicted octanol–water partition coefficient (Wildman–Crippen LogP) is 3.43. The molecule has 1 N–H and O–H groups in total. The van der Waals surface area contributed by atoms with Gasteiger partial charge in [0.05, 0.1) is 12.4 Å². The Morgan fingerprint density at radius 1 is 1.03 bits per heavy atom. The molecule has 0 unspecified atom stereocenters. The summed E-state index contributed by atoms with van der Waals surface area (Å²) in [5.41, 5.74) is 3.56. The molecule has 0 saturated carbocycles. The van der Waals surface area contributed by atoms with Crippen molar-refractivity contribution in [2.75, 3.05) is 19.5 Å². The summed E-state index contributed by atoms with van der Waals surface area (Å²) in [5.74, 6) is 1.20. The minimum atomic E-state index is -0.0206. The molecule has 0 saturated heterocycles. The number of thioether (sulfide) groups is 1. The van der Waals surface area contributed by atoms with E-state index in [2.05, 4.69) is 32.2 Å². The van der Waals surface area contributed by atoms with Gasteiger partial charge in [0.15, 0.2) is 5.16 Å². The number of amides is 1. The summed E-state index contributed by atoms with van der Waals surface area (Å²) in [6, 6.07) is 18.5. The lowest BCUT2D eigenvalue weighted by molar-refractivity contribution is -0.118. The van der Waals surface area contributed by atoms with Crippen molar-refractivity contribution in [2.24, 2.45) is 0 Å². The van der Waals surface area contributed by atoms with Gasteiger partial charge < -0.3 is 14.6 Å². The Morgan fingerprint density at radius 2 is 1.80 bits per heavy atom. The summed E-state index contributed by atoms with van der Waals surface area (Å²) in [7, 11) is 1.68. The molecule has 3 rings (SSSR count). The van der Waals surface area contributed by atoms with Crippen LogP contribution in [0.3, 0.4) is 0 Å². The van der Waals surface area contributed by atoms with Gasteiger partial charge in [-0.1, -0.05) is 71.9 Å². The van der Waals surface area contributed by atoms with Gasteiger partial charge in [-0.2, -0.15) is 0 Å². The number of ether oxygens (including phenoxy) is 1. The van der Waals surface area contributed by atoms with E-state index < -0.39 is 0 Å². The van der Waals surface area contributed by atoms with E-state index in [1.807, 2.05) is 49.4 Å². The molecule has 0 spiro atoms. The minimum absolute atomic E-state index is 0.0206. The van der Waals surface area contributed by atoms with Crippen LogP contribution < -0.4 is 5.32 Å². The maximum Gasteiger partial charge on any atom is 0.230 e. The number of rotatable bonds is 11. The van der Waals surface area contributed by atoms with Gasteiger partial charge in [0.25, 0.3) is 0 Å². The minimum Gasteiger partial charge on any atom is -0.383 e. The number of carbonyl (C=O) groups is 1. The van der Waals surface area contributed by atoms with E-state index >= 15 is 0 Å². The Kier molecular flexibility index (Phi) is 8.47. The lowest BCUT2D eigenvalue weighted by Gasteiger charge is -2.10. The van der Waals surface area contributed by atoms with Gasteiger partial charge in [0.2, 0.25) is 5.91 Å². The van der Waals surface area contributed by atoms with Crippen LogP contribution in [0.4, 0.5) is 0 Å². The monoisotopic (exact) mass is 424 g/mol. The molecule has 0 aliphatic rings. The van der Waals surface area contributed by atoms with Gasteiger partial charge in [-0.15, -0.1) is 10.2 Å². The number of nitrogens with one attached hydrogen (secondary N) is 1. The van der Waals surface area contributed by atoms with Crippen LogP contribution in [-0.2, 0) is 35.5 Å². The molecule has 0 aliphatic carbocycles. The number of hydrogen-bond acceptors (Lipinski definition) is 5. The van der Waals surface area contributed by atoms with Crippen molar-refractivity contribution in [3.05, 3.63) is 77.1 Å². The van der Waals surface area contributed by atoms with Gasteiger partial charge in [0, 0.05) is 26.6 Å². The summed E-state index contributed by atoms with van der Waals surface area (Å²) in [6.45, 7) is 3.82. The summed E-state index contributed by atoms with van der Waals surface area (Å²) in [4.78, 5) is 12.3. The Hall–Kier alpha value is -2.64. The third kappa shape index (κ3) is 6.71. The third-order valence-corrected chi connectivity index (χ3v) is 5.70. The molecule has 1 aromatic heterocycles. The lowest BCUT2D eigenvalue weighted by atomic mass is 10.1. The Morgan fingerprint density at radius 3 is 2.53 bits per heavy atom. The first-order chi connectivity index (χ1) is 14.7. The standard InChI is InChI=1S/C23H28N4O2S/c1-18-8-10-20(11-9-18)16-24-22(28)17-30-23-26-25-21(27(23)14-15-29-2)13-12-19-6-4-3-5-7-19/h3-11H,12-17H2,1-2H3,(H,24,28). The van der Waals surface area contributed by atoms with E-state index in [1.54, 1.807) is 7.11 Å². The van der Waals surface area contributed by atoms with Crippen molar-refractivity contribution < 1.29 is 9.53 Å². The zero-order valence-corrected chi connectivity index (χ0v) is 18.3. The molecular weight excluding hydrogens is 396 g/mol. The van der Waals surface area contributed by atoms with Crippen LogP contribution >= 0.6 is 11.8 Å². The van der Waals surface area contributed by atoms with Gasteiger partial charge in [-0.05, 0) is 24.5 Å². The maximum absolute atomic E-state index is 12.3. The molecule has 3 aromatic rings. The van der Waals surface area contributed by atoms with Crippen LogP contribution in [0, 0.1) is 6.92 Å². The molecule has 0 fully saturated rings. The van der Waals surface area contributed by atoms with Crippen LogP contribution in [0.1, 0.15) is 22.5 Å². The average Bonchev–Trinajstić information content (AvgIpc) is 3.16. The van der Waals surface area contributed by atoms with Crippen molar-refractivity contribution in [3.8, 4) is 0 Å². The second-order valence-electron chi connectivity index (χ2n) is 7.08. The number of aryl methyl sites for hydroxylation is 3. The second-order valence-corrected chi connectivity index (χ2v) is 8.02. The van der Waals surface area contributed by atoms with Crippen LogP contribution in [0.2, 0.25) is 0 Å². The van der Waals surface area contributed by atoms with Crippen LogP contribution in [0.15, 0.2) is 59.8 Å². The molecule has 0 radical (unpaired) electrons. The number of aromatic nitrogens is 3. The molecule has 2 aromatic carbocycles. The van der Waals surface area contributed by atoms with E-state index in [9.17, 15) is 4.79 Å². The molecule has 0 bridgehead atoms. The molecule has 7 heteroatoms. The van der Waals surface area contributed by atoms with Crippen molar-refractivity contribution in [1.29, 1.82) is 0 Å². The van der Waals surface area contributed by atoms with E-state index in [0.29, 0.717) is 25.4 Å². The topological polar surface area (TPSA) is 69.0 Å². The molecule has 0 atom stereocenters. The highest BCUT2D eigenvalue weighted by molar-refractivity contribution is 7.99. The third-order valence-electron chi connectivity index (χ3n) is 4.74. The van der Waals surface area contributed by atoms with E-state index in [4.69, 9.17) is 4.74 Å². The summed E-state index contributed by atoms with van der Waals surface area (Å²) in [6.07, 6.45) is 1.69. The van der Waals surface area contributed by atoms with Crippen LogP contribution in [0.5, 0.6) is 0 Å². The SMILES string of the molecule is COCCn1c(CCc2ccccc2)nnc1SCC(=O)NCc1ccc(C)cc1. The van der Waals surface area contributed by atoms with Crippen molar-refractivity contribution >= 4 is 17.7 Å². The smallest absolute Gasteiger partial charge is 0.230 e. The quantitative estimate of drug-likeness (QED) is 0.478. The van der Waals surface area contributed by atoms with Gasteiger partial charge in [0.1, 0.15) is 5.82 Å². The summed E-state index contributed by atoms with van der Waals surface area (Å²) in [5, 5.41) is 12.4. The first kappa shape index (κ1) is 22.1. The van der Waals surface area contributed by atoms with Crippen LogP contribution in [-0.4, -0.2) is 40.1 Å². The molecule has 6 nitrogen and oxygen atoms in total. The molecule has 1 amide bonds. The highest BCUT2D eigenvalue weighted by Gasteiger charge is 2.14. The molecule has 158 valence electrons. The van der Waals surface area contributed by atoms with Crippen molar-refractivity contribution in [1.82, 2.24) is 20.1 Å². The van der Waals surface area contributed by atoms with E-state index in [0.717, 1.165) is 29.4 Å². The number of hydrogen-bond donors (Lipinski definition) is 1. The zero-order valence-electron chi connectivity index (χ0n) is 17.5. The Labute approximate surface area is 182 Å². The first-order valence-corrected chi connectivity index (χ1v) is 11.0. The average molecular weight is 425 g/mol. The van der Waals surface area contributed by atoms with Gasteiger partial charge in [-0.3, -0.25) is 4.79 Å². The highest BCUT2D eigenvalue weighted by Crippen LogP contribution is 2.18. The highest BCUT2D eigenvalue weighted by atomic mass is 32.2. The van der Waals surface area contributed by atoms with E-state index in [1.165, 1.54) is 22.9 Å². The Balaban J connectivity index is 1.55. The largest absolute Gasteiger partial charge is 0.383 e. The molecule has 0 aliphatic heterocycles. The second kappa shape index (κ2) is 11.5. The zero-order chi connectivity index (χ0) is 21.2. The fourth-order valence-corrected chi connectivity index (χ4v) is 3.82. The molecule has 1 heterocycles. The molecular formula is C23H28N4O2S. The fraction of sp³-hybridized carbons (Fsp3) is 0.348. The van der Waals surface area contributed by atoms with Gasteiger partial charge in [-0.25, -0.2) is 0 Å². The number of nitrogens with zero attached hydrogens (tertiary/aromatic N) is 3. The predicted molar refractivity (Wildman–Crippen MR) is 119 cm³/mol. The molecule has 30 heavy (non-hydrogen) atoms. The van der Waals surface area contributed by atoms with Crippen molar-refractivity contribution in [2.45, 2.75) is 38.0 Å². The Bertz CT molecular complexity index is 926. The fourth-order valence-electron chi connectivity index (χ4n) is 3.01. The number of carbonyl (C=O) groups excluding carboxylic acids is 1. The summed E-state index contributed by atoms with van der Waals surface area (Å²) < 4.78 is 7.30. The number of methoxy groups -OCH3 is 1. The summed E-state index contributed by atoms with van der Waals surface area (Å²) >= 11 is 1.41. The van der Waals surface area contributed by atoms with E-state index in [-0.39, 0.29) is 5.91 Å². The normalized spacial score (nSPS) is 10.9. The lowest BCUT2D eigenvalue weighted by Crippen LogP contribution is -2.24. The van der Waals surface area contributed by atoms with Gasteiger partial charge >= 0.3 is 0 Å².